The number of hydrogen-bond donors (Lipinski definition) is 0. The number of rotatable bonds is 6. The fourth-order valence-electron chi connectivity index (χ4n) is 2.03. The zero-order valence-electron chi connectivity index (χ0n) is 9.14. The van der Waals surface area contributed by atoms with Gasteiger partial charge in [-0.2, -0.15) is 0 Å². The predicted molar refractivity (Wildman–Crippen MR) is 65.1 cm³/mol. The average molecular weight is 263 g/mol. The van der Waals surface area contributed by atoms with E-state index in [2.05, 4.69) is 15.9 Å². The quantitative estimate of drug-likeness (QED) is 0.394. The van der Waals surface area contributed by atoms with Crippen LogP contribution in [0.4, 0.5) is 0 Å². The third-order valence-electron chi connectivity index (χ3n) is 2.93. The first-order chi connectivity index (χ1) is 6.93. The van der Waals surface area contributed by atoms with Crippen LogP contribution in [0.1, 0.15) is 57.8 Å². The van der Waals surface area contributed by atoms with Crippen molar-refractivity contribution in [3.63, 3.8) is 0 Å². The van der Waals surface area contributed by atoms with Crippen molar-refractivity contribution in [1.29, 1.82) is 0 Å². The lowest BCUT2D eigenvalue weighted by Crippen LogP contribution is -2.12. The van der Waals surface area contributed by atoms with Gasteiger partial charge in [-0.05, 0) is 25.7 Å². The lowest BCUT2D eigenvalue weighted by molar-refractivity contribution is 0.0410. The van der Waals surface area contributed by atoms with E-state index in [1.807, 2.05) is 0 Å². The Morgan fingerprint density at radius 3 is 2.29 bits per heavy atom. The van der Waals surface area contributed by atoms with Gasteiger partial charge in [0.1, 0.15) is 0 Å². The van der Waals surface area contributed by atoms with Gasteiger partial charge in [-0.25, -0.2) is 0 Å². The molecule has 0 N–H and O–H groups in total. The van der Waals surface area contributed by atoms with Gasteiger partial charge in [0.15, 0.2) is 0 Å². The van der Waals surface area contributed by atoms with E-state index in [0.29, 0.717) is 6.10 Å². The lowest BCUT2D eigenvalue weighted by Gasteiger charge is -2.14. The molecule has 2 heteroatoms. The SMILES string of the molecule is BrCCCCCOC1CCCCCC1. The van der Waals surface area contributed by atoms with Crippen molar-refractivity contribution >= 4 is 15.9 Å². The van der Waals surface area contributed by atoms with Crippen molar-refractivity contribution < 1.29 is 4.74 Å². The summed E-state index contributed by atoms with van der Waals surface area (Å²) in [6.45, 7) is 0.984. The summed E-state index contributed by atoms with van der Waals surface area (Å²) in [6, 6.07) is 0. The second-order valence-electron chi connectivity index (χ2n) is 4.23. The van der Waals surface area contributed by atoms with Crippen molar-refractivity contribution in [3.8, 4) is 0 Å². The van der Waals surface area contributed by atoms with Crippen LogP contribution in [0.5, 0.6) is 0 Å². The van der Waals surface area contributed by atoms with Crippen LogP contribution in [0.2, 0.25) is 0 Å². The highest BCUT2D eigenvalue weighted by Crippen LogP contribution is 2.19. The zero-order valence-corrected chi connectivity index (χ0v) is 10.7. The number of unbranched alkanes of at least 4 members (excludes halogenated alkanes) is 2. The van der Waals surface area contributed by atoms with Crippen LogP contribution in [0, 0.1) is 0 Å². The van der Waals surface area contributed by atoms with Crippen molar-refractivity contribution in [2.45, 2.75) is 63.9 Å². The molecule has 0 aliphatic heterocycles. The third kappa shape index (κ3) is 6.02. The number of alkyl halides is 1. The van der Waals surface area contributed by atoms with Crippen LogP contribution in [0.15, 0.2) is 0 Å². The van der Waals surface area contributed by atoms with Gasteiger partial charge in [0.25, 0.3) is 0 Å². The number of ether oxygens (including phenoxy) is 1. The van der Waals surface area contributed by atoms with Gasteiger partial charge in [-0.1, -0.05) is 48.0 Å². The molecule has 1 aliphatic carbocycles. The maximum Gasteiger partial charge on any atom is 0.0575 e. The fourth-order valence-corrected chi connectivity index (χ4v) is 2.43. The largest absolute Gasteiger partial charge is 0.378 e. The fraction of sp³-hybridized carbons (Fsp3) is 1.00. The van der Waals surface area contributed by atoms with E-state index in [1.54, 1.807) is 0 Å². The van der Waals surface area contributed by atoms with E-state index in [-0.39, 0.29) is 0 Å². The number of halogens is 1. The molecule has 1 nitrogen and oxygen atoms in total. The van der Waals surface area contributed by atoms with Crippen LogP contribution >= 0.6 is 15.9 Å². The molecule has 0 radical (unpaired) electrons. The summed E-state index contributed by atoms with van der Waals surface area (Å²) in [7, 11) is 0. The lowest BCUT2D eigenvalue weighted by atomic mass is 10.1. The molecule has 1 saturated carbocycles. The molecule has 0 unspecified atom stereocenters. The summed E-state index contributed by atoms with van der Waals surface area (Å²) in [5.41, 5.74) is 0. The van der Waals surface area contributed by atoms with Crippen molar-refractivity contribution in [1.82, 2.24) is 0 Å². The minimum Gasteiger partial charge on any atom is -0.378 e. The topological polar surface area (TPSA) is 9.23 Å². The second kappa shape index (κ2) is 8.72. The van der Waals surface area contributed by atoms with Gasteiger partial charge >= 0.3 is 0 Å². The first kappa shape index (κ1) is 12.5. The van der Waals surface area contributed by atoms with Gasteiger partial charge < -0.3 is 4.74 Å². The summed E-state index contributed by atoms with van der Waals surface area (Å²) in [4.78, 5) is 0. The Kier molecular flexibility index (Phi) is 7.80. The Hall–Kier alpha value is 0.440. The normalized spacial score (nSPS) is 19.5. The molecule has 0 aromatic carbocycles. The summed E-state index contributed by atoms with van der Waals surface area (Å²) in [5, 5.41) is 1.14. The first-order valence-electron chi connectivity index (χ1n) is 6.11. The van der Waals surface area contributed by atoms with E-state index >= 15 is 0 Å². The van der Waals surface area contributed by atoms with Crippen LogP contribution in [0.3, 0.4) is 0 Å². The first-order valence-corrected chi connectivity index (χ1v) is 7.23. The van der Waals surface area contributed by atoms with Crippen LogP contribution in [-0.4, -0.2) is 18.0 Å². The Morgan fingerprint density at radius 2 is 1.64 bits per heavy atom. The molecule has 0 atom stereocenters. The molecule has 0 heterocycles. The number of hydrogen-bond acceptors (Lipinski definition) is 1. The van der Waals surface area contributed by atoms with E-state index in [9.17, 15) is 0 Å². The van der Waals surface area contributed by atoms with Crippen molar-refractivity contribution in [3.05, 3.63) is 0 Å². The Labute approximate surface area is 96.7 Å². The van der Waals surface area contributed by atoms with E-state index in [1.165, 1.54) is 57.8 Å². The molecule has 1 fully saturated rings. The molecule has 0 aromatic rings. The summed E-state index contributed by atoms with van der Waals surface area (Å²) in [5.74, 6) is 0. The standard InChI is InChI=1S/C12H23BrO/c13-10-6-3-7-11-14-12-8-4-1-2-5-9-12/h12H,1-11H2. The summed E-state index contributed by atoms with van der Waals surface area (Å²) < 4.78 is 5.89. The maximum absolute atomic E-state index is 5.89. The van der Waals surface area contributed by atoms with Gasteiger partial charge in [0.2, 0.25) is 0 Å². The highest BCUT2D eigenvalue weighted by atomic mass is 79.9. The minimum absolute atomic E-state index is 0.585. The molecule has 0 amide bonds. The van der Waals surface area contributed by atoms with Gasteiger partial charge in [-0.15, -0.1) is 0 Å². The monoisotopic (exact) mass is 262 g/mol. The molecule has 84 valence electrons. The van der Waals surface area contributed by atoms with Crippen LogP contribution in [-0.2, 0) is 4.74 Å². The Morgan fingerprint density at radius 1 is 0.929 bits per heavy atom. The molecule has 0 bridgehead atoms. The molecule has 0 aromatic heterocycles. The van der Waals surface area contributed by atoms with Crippen molar-refractivity contribution in [2.24, 2.45) is 0 Å². The molecule has 1 rings (SSSR count). The molecule has 1 aliphatic rings. The molecular weight excluding hydrogens is 240 g/mol. The van der Waals surface area contributed by atoms with Crippen LogP contribution < -0.4 is 0 Å². The third-order valence-corrected chi connectivity index (χ3v) is 3.49. The second-order valence-corrected chi connectivity index (χ2v) is 5.03. The maximum atomic E-state index is 5.89. The zero-order chi connectivity index (χ0) is 10.1. The van der Waals surface area contributed by atoms with E-state index < -0.39 is 0 Å². The van der Waals surface area contributed by atoms with Crippen LogP contribution in [0.25, 0.3) is 0 Å². The molecule has 0 spiro atoms. The molecule has 14 heavy (non-hydrogen) atoms. The average Bonchev–Trinajstić information content (AvgIpc) is 2.46. The smallest absolute Gasteiger partial charge is 0.0575 e. The molecule has 0 saturated heterocycles. The van der Waals surface area contributed by atoms with E-state index in [4.69, 9.17) is 4.74 Å². The van der Waals surface area contributed by atoms with E-state index in [0.717, 1.165) is 11.9 Å². The predicted octanol–water partition coefficient (Wildman–Crippen LogP) is 4.29. The minimum atomic E-state index is 0.585. The molecular formula is C12H23BrO. The highest BCUT2D eigenvalue weighted by molar-refractivity contribution is 9.09. The van der Waals surface area contributed by atoms with Gasteiger partial charge in [-0.3, -0.25) is 0 Å². The summed E-state index contributed by atoms with van der Waals surface area (Å²) >= 11 is 3.45. The summed E-state index contributed by atoms with van der Waals surface area (Å²) in [6.07, 6.45) is 12.6. The highest BCUT2D eigenvalue weighted by Gasteiger charge is 2.11. The Balaban J connectivity index is 1.93. The van der Waals surface area contributed by atoms with Crippen molar-refractivity contribution in [2.75, 3.05) is 11.9 Å². The Bertz CT molecular complexity index is 119. The van der Waals surface area contributed by atoms with Gasteiger partial charge in [0, 0.05) is 11.9 Å². The van der Waals surface area contributed by atoms with Gasteiger partial charge in [0.05, 0.1) is 6.10 Å².